The van der Waals surface area contributed by atoms with Gasteiger partial charge in [-0.15, -0.1) is 0 Å². The molecule has 2 heterocycles. The van der Waals surface area contributed by atoms with Crippen LogP contribution in [0.25, 0.3) is 0 Å². The van der Waals surface area contributed by atoms with Gasteiger partial charge >= 0.3 is 10.2 Å². The van der Waals surface area contributed by atoms with Crippen molar-refractivity contribution in [3.63, 3.8) is 0 Å². The Kier molecular flexibility index (Phi) is 4.16. The minimum Gasteiger partial charge on any atom is -0.244 e. The summed E-state index contributed by atoms with van der Waals surface area (Å²) >= 11 is 11.6. The van der Waals surface area contributed by atoms with E-state index in [-0.39, 0.29) is 15.9 Å². The third kappa shape index (κ3) is 2.93. The molecule has 126 valence electrons. The van der Waals surface area contributed by atoms with Gasteiger partial charge in [0.25, 0.3) is 0 Å². The Hall–Kier alpha value is -1.54. The van der Waals surface area contributed by atoms with Gasteiger partial charge in [-0.1, -0.05) is 29.3 Å². The van der Waals surface area contributed by atoms with Gasteiger partial charge in [-0.05, 0) is 43.2 Å². The molecule has 1 atom stereocenters. The molecule has 0 fully saturated rings. The van der Waals surface area contributed by atoms with Crippen LogP contribution in [0.2, 0.25) is 10.2 Å². The smallest absolute Gasteiger partial charge is 0.244 e. The number of nitrogens with zero attached hydrogens (tertiary/aromatic N) is 2. The Labute approximate surface area is 148 Å². The summed E-state index contributed by atoms with van der Waals surface area (Å²) < 4.78 is 44.3. The van der Waals surface area contributed by atoms with Gasteiger partial charge in [0.2, 0.25) is 0 Å². The number of aromatic nitrogens is 1. The van der Waals surface area contributed by atoms with Crippen molar-refractivity contribution in [2.45, 2.75) is 19.4 Å². The highest BCUT2D eigenvalue weighted by molar-refractivity contribution is 7.88. The third-order valence-corrected chi connectivity index (χ3v) is 5.45. The average Bonchev–Trinajstić information content (AvgIpc) is 2.74. The summed E-state index contributed by atoms with van der Waals surface area (Å²) in [5.74, 6) is -0.652. The summed E-state index contributed by atoms with van der Waals surface area (Å²) in [6, 6.07) is 5.79. The second-order valence-electron chi connectivity index (χ2n) is 5.59. The molecule has 1 N–H and O–H groups in total. The van der Waals surface area contributed by atoms with Crippen LogP contribution in [0, 0.1) is 12.7 Å². The first kappa shape index (κ1) is 17.3. The maximum absolute atomic E-state index is 13.9. The average molecular weight is 388 g/mol. The Morgan fingerprint density at radius 1 is 1.25 bits per heavy atom. The number of pyridine rings is 1. The van der Waals surface area contributed by atoms with Gasteiger partial charge < -0.3 is 0 Å². The Bertz CT molecular complexity index is 961. The second-order valence-corrected chi connectivity index (χ2v) is 7.72. The molecule has 1 aromatic heterocycles. The quantitative estimate of drug-likeness (QED) is 0.802. The molecule has 0 amide bonds. The molecule has 0 spiro atoms. The van der Waals surface area contributed by atoms with Crippen molar-refractivity contribution in [1.82, 2.24) is 9.71 Å². The summed E-state index contributed by atoms with van der Waals surface area (Å²) in [4.78, 5) is 3.98. The maximum atomic E-state index is 13.9. The predicted molar refractivity (Wildman–Crippen MR) is 91.3 cm³/mol. The molecule has 0 aliphatic carbocycles. The van der Waals surface area contributed by atoms with E-state index in [1.54, 1.807) is 26.0 Å². The monoisotopic (exact) mass is 387 g/mol. The number of aryl methyl sites for hydroxylation is 1. The molecule has 1 unspecified atom stereocenters. The van der Waals surface area contributed by atoms with Crippen LogP contribution < -0.4 is 4.72 Å². The lowest BCUT2D eigenvalue weighted by Gasteiger charge is -2.26. The first-order valence-electron chi connectivity index (χ1n) is 6.85. The zero-order chi connectivity index (χ0) is 17.7. The van der Waals surface area contributed by atoms with Gasteiger partial charge in [-0.2, -0.15) is 17.5 Å². The zero-order valence-electron chi connectivity index (χ0n) is 12.6. The van der Waals surface area contributed by atoms with Crippen LogP contribution in [0.4, 0.5) is 4.39 Å². The van der Waals surface area contributed by atoms with E-state index in [9.17, 15) is 12.8 Å². The summed E-state index contributed by atoms with van der Waals surface area (Å²) in [6.07, 6.45) is 1.45. The van der Waals surface area contributed by atoms with Crippen LogP contribution >= 0.6 is 23.2 Å². The molecule has 1 aromatic carbocycles. The first-order chi connectivity index (χ1) is 11.1. The van der Waals surface area contributed by atoms with Crippen LogP contribution in [0.15, 0.2) is 34.9 Å². The number of rotatable bonds is 2. The fourth-order valence-corrected chi connectivity index (χ4v) is 4.26. The fourth-order valence-electron chi connectivity index (χ4n) is 2.63. The van der Waals surface area contributed by atoms with Gasteiger partial charge in [0, 0.05) is 11.8 Å². The number of hydrogen-bond donors (Lipinski definition) is 1. The molecule has 1 aliphatic heterocycles. The number of halogens is 3. The van der Waals surface area contributed by atoms with Crippen LogP contribution in [0.1, 0.15) is 23.6 Å². The number of nitrogens with one attached hydrogen (secondary N) is 1. The Balaban J connectivity index is 2.23. The van der Waals surface area contributed by atoms with Gasteiger partial charge in [0.15, 0.2) is 0 Å². The van der Waals surface area contributed by atoms with Crippen molar-refractivity contribution in [3.05, 3.63) is 63.1 Å². The lowest BCUT2D eigenvalue weighted by Crippen LogP contribution is -2.43. The van der Waals surface area contributed by atoms with E-state index in [1.807, 2.05) is 0 Å². The number of benzene rings is 1. The van der Waals surface area contributed by atoms with E-state index in [2.05, 4.69) is 14.1 Å². The largest absolute Gasteiger partial charge is 0.321 e. The van der Waals surface area contributed by atoms with Crippen LogP contribution in [-0.2, 0) is 15.7 Å². The highest BCUT2D eigenvalue weighted by Gasteiger charge is 2.44. The van der Waals surface area contributed by atoms with Crippen molar-refractivity contribution >= 4 is 39.1 Å². The molecule has 0 saturated heterocycles. The van der Waals surface area contributed by atoms with E-state index in [4.69, 9.17) is 23.2 Å². The van der Waals surface area contributed by atoms with Crippen molar-refractivity contribution in [3.8, 4) is 0 Å². The first-order valence-corrected chi connectivity index (χ1v) is 9.04. The van der Waals surface area contributed by atoms with Crippen molar-refractivity contribution < 1.29 is 12.8 Å². The molecular weight excluding hydrogens is 376 g/mol. The van der Waals surface area contributed by atoms with Crippen LogP contribution in [0.3, 0.4) is 0 Å². The standard InChI is InChI=1S/C15H12Cl2FN3O2S/c1-8-5-11(16)12(18)6-10(8)14-15(2,21-24(22,23)20-14)9-3-4-13(17)19-7-9/h3-7,21H,1-2H3. The summed E-state index contributed by atoms with van der Waals surface area (Å²) in [5, 5.41) is 0.232. The maximum Gasteiger partial charge on any atom is 0.321 e. The third-order valence-electron chi connectivity index (χ3n) is 3.85. The molecule has 5 nitrogen and oxygen atoms in total. The predicted octanol–water partition coefficient (Wildman–Crippen LogP) is 3.39. The van der Waals surface area contributed by atoms with E-state index >= 15 is 0 Å². The zero-order valence-corrected chi connectivity index (χ0v) is 15.0. The topological polar surface area (TPSA) is 71.4 Å². The van der Waals surface area contributed by atoms with Crippen molar-refractivity contribution in [1.29, 1.82) is 0 Å². The van der Waals surface area contributed by atoms with E-state index in [0.29, 0.717) is 16.7 Å². The van der Waals surface area contributed by atoms with Crippen LogP contribution in [0.5, 0.6) is 0 Å². The summed E-state index contributed by atoms with van der Waals surface area (Å²) in [6.45, 7) is 3.34. The fraction of sp³-hybridized carbons (Fsp3) is 0.200. The van der Waals surface area contributed by atoms with E-state index in [0.717, 1.165) is 0 Å². The molecular formula is C15H12Cl2FN3O2S. The minimum atomic E-state index is -3.93. The highest BCUT2D eigenvalue weighted by atomic mass is 35.5. The lowest BCUT2D eigenvalue weighted by atomic mass is 9.84. The molecule has 9 heteroatoms. The summed E-state index contributed by atoms with van der Waals surface area (Å²) in [5.41, 5.74) is 0.442. The molecule has 3 rings (SSSR count). The molecule has 2 aromatic rings. The molecule has 24 heavy (non-hydrogen) atoms. The van der Waals surface area contributed by atoms with Crippen LogP contribution in [-0.4, -0.2) is 19.1 Å². The molecule has 0 saturated carbocycles. The van der Waals surface area contributed by atoms with Crippen molar-refractivity contribution in [2.24, 2.45) is 4.40 Å². The normalized spacial score (nSPS) is 22.5. The SMILES string of the molecule is Cc1cc(Cl)c(F)cc1C1=NS(=O)(=O)NC1(C)c1ccc(Cl)nc1. The summed E-state index contributed by atoms with van der Waals surface area (Å²) in [7, 11) is -3.93. The van der Waals surface area contributed by atoms with Gasteiger partial charge in [0.1, 0.15) is 16.5 Å². The van der Waals surface area contributed by atoms with Gasteiger partial charge in [0.05, 0.1) is 10.7 Å². The minimum absolute atomic E-state index is 0.0412. The second kappa shape index (κ2) is 5.77. The van der Waals surface area contributed by atoms with Gasteiger partial charge in [-0.3, -0.25) is 0 Å². The highest BCUT2D eigenvalue weighted by Crippen LogP contribution is 2.34. The molecule has 0 bridgehead atoms. The molecule has 1 aliphatic rings. The molecule has 0 radical (unpaired) electrons. The van der Waals surface area contributed by atoms with Crippen molar-refractivity contribution in [2.75, 3.05) is 0 Å². The van der Waals surface area contributed by atoms with E-state index < -0.39 is 21.6 Å². The lowest BCUT2D eigenvalue weighted by molar-refractivity contribution is 0.552. The Morgan fingerprint density at radius 3 is 2.58 bits per heavy atom. The van der Waals surface area contributed by atoms with E-state index in [1.165, 1.54) is 18.3 Å². The van der Waals surface area contributed by atoms with Gasteiger partial charge in [-0.25, -0.2) is 9.37 Å². The number of hydrogen-bond acceptors (Lipinski definition) is 3. The Morgan fingerprint density at radius 2 is 1.96 bits per heavy atom.